The minimum atomic E-state index is 0.285. The summed E-state index contributed by atoms with van der Waals surface area (Å²) in [5.41, 5.74) is 0.285. The largest absolute Gasteiger partial charge is 0.314 e. The van der Waals surface area contributed by atoms with Gasteiger partial charge in [-0.2, -0.15) is 0 Å². The van der Waals surface area contributed by atoms with Gasteiger partial charge in [-0.3, -0.25) is 4.90 Å². The molecule has 1 rings (SSSR count). The highest BCUT2D eigenvalue weighted by Crippen LogP contribution is 2.15. The molecule has 0 unspecified atom stereocenters. The third-order valence-corrected chi connectivity index (χ3v) is 2.50. The Balaban J connectivity index is 2.45. The standard InChI is InChI=1S/C8H17ClN2/c1-8(2)7-10-4-6-11(8)5-3-9/h10H,3-7H2,1-2H3. The van der Waals surface area contributed by atoms with Crippen LogP contribution in [0, 0.1) is 0 Å². The van der Waals surface area contributed by atoms with Crippen LogP contribution in [0.4, 0.5) is 0 Å². The lowest BCUT2D eigenvalue weighted by Gasteiger charge is -2.42. The lowest BCUT2D eigenvalue weighted by atomic mass is 10.0. The van der Waals surface area contributed by atoms with Crippen LogP contribution in [0.25, 0.3) is 0 Å². The molecule has 2 nitrogen and oxygen atoms in total. The van der Waals surface area contributed by atoms with Gasteiger partial charge in [-0.1, -0.05) is 0 Å². The summed E-state index contributed by atoms with van der Waals surface area (Å²) < 4.78 is 0. The van der Waals surface area contributed by atoms with E-state index in [4.69, 9.17) is 11.6 Å². The van der Waals surface area contributed by atoms with Crippen LogP contribution in [0.2, 0.25) is 0 Å². The van der Waals surface area contributed by atoms with Crippen molar-refractivity contribution in [3.8, 4) is 0 Å². The molecule has 11 heavy (non-hydrogen) atoms. The van der Waals surface area contributed by atoms with Crippen molar-refractivity contribution in [1.29, 1.82) is 0 Å². The Morgan fingerprint density at radius 3 is 2.82 bits per heavy atom. The first-order valence-corrected chi connectivity index (χ1v) is 4.72. The van der Waals surface area contributed by atoms with Gasteiger partial charge >= 0.3 is 0 Å². The molecule has 0 bridgehead atoms. The van der Waals surface area contributed by atoms with Gasteiger partial charge in [0.15, 0.2) is 0 Å². The van der Waals surface area contributed by atoms with Gasteiger partial charge < -0.3 is 5.32 Å². The smallest absolute Gasteiger partial charge is 0.0351 e. The summed E-state index contributed by atoms with van der Waals surface area (Å²) >= 11 is 5.70. The summed E-state index contributed by atoms with van der Waals surface area (Å²) in [6, 6.07) is 0. The molecule has 0 aromatic heterocycles. The molecule has 3 heteroatoms. The zero-order valence-electron chi connectivity index (χ0n) is 7.36. The third-order valence-electron chi connectivity index (χ3n) is 2.33. The number of nitrogens with zero attached hydrogens (tertiary/aromatic N) is 1. The molecule has 0 aromatic rings. The summed E-state index contributed by atoms with van der Waals surface area (Å²) in [5.74, 6) is 0.740. The minimum Gasteiger partial charge on any atom is -0.314 e. The Kier molecular flexibility index (Phi) is 3.16. The molecular weight excluding hydrogens is 160 g/mol. The van der Waals surface area contributed by atoms with Gasteiger partial charge in [0.25, 0.3) is 0 Å². The molecule has 1 fully saturated rings. The monoisotopic (exact) mass is 176 g/mol. The van der Waals surface area contributed by atoms with E-state index in [1.165, 1.54) is 0 Å². The molecule has 0 aromatic carbocycles. The Morgan fingerprint density at radius 2 is 2.27 bits per heavy atom. The highest BCUT2D eigenvalue weighted by Gasteiger charge is 2.28. The van der Waals surface area contributed by atoms with Crippen LogP contribution < -0.4 is 5.32 Å². The molecule has 0 atom stereocenters. The van der Waals surface area contributed by atoms with E-state index in [-0.39, 0.29) is 5.54 Å². The van der Waals surface area contributed by atoms with Crippen molar-refractivity contribution in [2.45, 2.75) is 19.4 Å². The Hall–Kier alpha value is 0.210. The number of piperazine rings is 1. The van der Waals surface area contributed by atoms with Crippen LogP contribution in [0.1, 0.15) is 13.8 Å². The van der Waals surface area contributed by atoms with Crippen LogP contribution in [0.3, 0.4) is 0 Å². The number of hydrogen-bond acceptors (Lipinski definition) is 2. The van der Waals surface area contributed by atoms with Gasteiger partial charge in [-0.15, -0.1) is 11.6 Å². The number of alkyl halides is 1. The van der Waals surface area contributed by atoms with E-state index >= 15 is 0 Å². The summed E-state index contributed by atoms with van der Waals surface area (Å²) in [6.07, 6.45) is 0. The number of halogens is 1. The first kappa shape index (κ1) is 9.30. The molecule has 1 saturated heterocycles. The molecule has 0 radical (unpaired) electrons. The van der Waals surface area contributed by atoms with E-state index in [1.807, 2.05) is 0 Å². The maximum Gasteiger partial charge on any atom is 0.0351 e. The molecular formula is C8H17ClN2. The lowest BCUT2D eigenvalue weighted by molar-refractivity contribution is 0.0983. The van der Waals surface area contributed by atoms with Crippen LogP contribution >= 0.6 is 11.6 Å². The zero-order valence-corrected chi connectivity index (χ0v) is 8.12. The van der Waals surface area contributed by atoms with E-state index in [0.29, 0.717) is 0 Å². The van der Waals surface area contributed by atoms with Crippen molar-refractivity contribution in [3.63, 3.8) is 0 Å². The van der Waals surface area contributed by atoms with Crippen molar-refractivity contribution in [3.05, 3.63) is 0 Å². The maximum atomic E-state index is 5.70. The van der Waals surface area contributed by atoms with E-state index in [0.717, 1.165) is 32.1 Å². The Labute approximate surface area is 73.9 Å². The molecule has 1 N–H and O–H groups in total. The molecule has 1 aliphatic heterocycles. The predicted molar refractivity (Wildman–Crippen MR) is 49.2 cm³/mol. The topological polar surface area (TPSA) is 15.3 Å². The van der Waals surface area contributed by atoms with Gasteiger partial charge in [0.2, 0.25) is 0 Å². The predicted octanol–water partition coefficient (Wildman–Crippen LogP) is 0.909. The molecule has 0 amide bonds. The highest BCUT2D eigenvalue weighted by atomic mass is 35.5. The third kappa shape index (κ3) is 2.32. The molecule has 0 saturated carbocycles. The van der Waals surface area contributed by atoms with Crippen molar-refractivity contribution in [1.82, 2.24) is 10.2 Å². The zero-order chi connectivity index (χ0) is 8.32. The Bertz CT molecular complexity index is 123. The summed E-state index contributed by atoms with van der Waals surface area (Å²) in [7, 11) is 0. The quantitative estimate of drug-likeness (QED) is 0.630. The van der Waals surface area contributed by atoms with Gasteiger partial charge in [-0.05, 0) is 13.8 Å². The van der Waals surface area contributed by atoms with Crippen molar-refractivity contribution in [2.24, 2.45) is 0 Å². The second kappa shape index (κ2) is 3.74. The molecule has 0 aliphatic carbocycles. The highest BCUT2D eigenvalue weighted by molar-refractivity contribution is 6.18. The normalized spacial score (nSPS) is 25.4. The average molecular weight is 177 g/mol. The van der Waals surface area contributed by atoms with E-state index < -0.39 is 0 Å². The maximum absolute atomic E-state index is 5.70. The van der Waals surface area contributed by atoms with Gasteiger partial charge in [0.05, 0.1) is 0 Å². The fourth-order valence-electron chi connectivity index (χ4n) is 1.54. The fraction of sp³-hybridized carbons (Fsp3) is 1.00. The van der Waals surface area contributed by atoms with Crippen LogP contribution in [-0.2, 0) is 0 Å². The summed E-state index contributed by atoms with van der Waals surface area (Å²) in [5, 5.41) is 3.38. The minimum absolute atomic E-state index is 0.285. The molecule has 66 valence electrons. The lowest BCUT2D eigenvalue weighted by Crippen LogP contribution is -2.58. The number of nitrogens with one attached hydrogen (secondary N) is 1. The molecule has 1 aliphatic rings. The van der Waals surface area contributed by atoms with E-state index in [2.05, 4.69) is 24.1 Å². The van der Waals surface area contributed by atoms with Gasteiger partial charge in [-0.25, -0.2) is 0 Å². The van der Waals surface area contributed by atoms with Crippen molar-refractivity contribution < 1.29 is 0 Å². The summed E-state index contributed by atoms with van der Waals surface area (Å²) in [6.45, 7) is 8.82. The number of hydrogen-bond donors (Lipinski definition) is 1. The number of rotatable bonds is 2. The van der Waals surface area contributed by atoms with E-state index in [9.17, 15) is 0 Å². The van der Waals surface area contributed by atoms with Crippen molar-refractivity contribution >= 4 is 11.6 Å². The van der Waals surface area contributed by atoms with Crippen LogP contribution in [-0.4, -0.2) is 42.5 Å². The fourth-order valence-corrected chi connectivity index (χ4v) is 1.74. The second-order valence-corrected chi connectivity index (χ2v) is 4.04. The second-order valence-electron chi connectivity index (χ2n) is 3.67. The SMILES string of the molecule is CC1(C)CNCCN1CCCl. The van der Waals surface area contributed by atoms with E-state index in [1.54, 1.807) is 0 Å². The Morgan fingerprint density at radius 1 is 1.55 bits per heavy atom. The van der Waals surface area contributed by atoms with Crippen LogP contribution in [0.15, 0.2) is 0 Å². The summed E-state index contributed by atoms with van der Waals surface area (Å²) in [4.78, 5) is 2.44. The van der Waals surface area contributed by atoms with Gasteiger partial charge in [0.1, 0.15) is 0 Å². The molecule has 0 spiro atoms. The average Bonchev–Trinajstić information content (AvgIpc) is 1.94. The molecule has 1 heterocycles. The van der Waals surface area contributed by atoms with Crippen molar-refractivity contribution in [2.75, 3.05) is 32.1 Å². The first-order chi connectivity index (χ1) is 5.17. The van der Waals surface area contributed by atoms with Crippen LogP contribution in [0.5, 0.6) is 0 Å². The van der Waals surface area contributed by atoms with Gasteiger partial charge in [0, 0.05) is 37.6 Å². The first-order valence-electron chi connectivity index (χ1n) is 4.18.